The SMILES string of the molecule is Cc1cc(F)cc(C)c1-c1sc2c(C)c(-c3sc(-c4c(C)ccc(-c5cc[n+](C(C)C)cc5)c4C)c(C)c3C)sc2c1C. The van der Waals surface area contributed by atoms with Gasteiger partial charge in [0.2, 0.25) is 0 Å². The van der Waals surface area contributed by atoms with Crippen LogP contribution in [0, 0.1) is 61.2 Å². The molecule has 0 aliphatic carbocycles. The van der Waals surface area contributed by atoms with Crippen LogP contribution in [0.5, 0.6) is 0 Å². The van der Waals surface area contributed by atoms with Crippen LogP contribution in [0.15, 0.2) is 48.8 Å². The molecule has 5 heteroatoms. The number of aromatic nitrogens is 1. The largest absolute Gasteiger partial charge is 0.207 e. The van der Waals surface area contributed by atoms with Crippen molar-refractivity contribution in [1.82, 2.24) is 0 Å². The Balaban J connectivity index is 1.46. The number of fused-ring (bicyclic) bond motifs is 1. The second-order valence-electron chi connectivity index (χ2n) is 12.3. The van der Waals surface area contributed by atoms with Crippen LogP contribution >= 0.6 is 34.0 Å². The van der Waals surface area contributed by atoms with E-state index in [0.29, 0.717) is 6.04 Å². The van der Waals surface area contributed by atoms with Crippen molar-refractivity contribution in [1.29, 1.82) is 0 Å². The van der Waals surface area contributed by atoms with Gasteiger partial charge in [-0.1, -0.05) is 12.1 Å². The van der Waals surface area contributed by atoms with Gasteiger partial charge in [-0.3, -0.25) is 0 Å². The fraction of sp³-hybridized carbons (Fsp3) is 0.289. The molecule has 0 aliphatic heterocycles. The smallest absolute Gasteiger partial charge is 0.169 e. The lowest BCUT2D eigenvalue weighted by atomic mass is 9.91. The number of aryl methyl sites for hydroxylation is 5. The molecule has 0 atom stereocenters. The standard InChI is InChI=1S/C38H39FNS3/c1-19(2)40-15-13-28(14-16-40)30-12-11-20(3)32(25(30)8)33-23(6)24(7)35(41-33)37-27(10)38-36(43-37)26(9)34(42-38)31-21(4)17-29(39)18-22(31)5/h11-19H,1-10H3/q+1. The van der Waals surface area contributed by atoms with E-state index in [-0.39, 0.29) is 5.82 Å². The first-order valence-electron chi connectivity index (χ1n) is 14.9. The molecule has 0 aliphatic rings. The number of halogens is 1. The van der Waals surface area contributed by atoms with Gasteiger partial charge >= 0.3 is 0 Å². The average molecular weight is 625 g/mol. The van der Waals surface area contributed by atoms with Crippen LogP contribution in [0.25, 0.3) is 51.2 Å². The minimum absolute atomic E-state index is 0.161. The van der Waals surface area contributed by atoms with E-state index in [9.17, 15) is 4.39 Å². The molecule has 0 bridgehead atoms. The maximum atomic E-state index is 14.1. The topological polar surface area (TPSA) is 3.88 Å². The van der Waals surface area contributed by atoms with E-state index in [2.05, 4.69) is 96.6 Å². The van der Waals surface area contributed by atoms with Crippen LogP contribution in [0.3, 0.4) is 0 Å². The van der Waals surface area contributed by atoms with E-state index in [1.54, 1.807) is 12.1 Å². The third kappa shape index (κ3) is 4.90. The van der Waals surface area contributed by atoms with E-state index >= 15 is 0 Å². The first kappa shape index (κ1) is 29.9. The summed E-state index contributed by atoms with van der Waals surface area (Å²) in [5.41, 5.74) is 15.2. The predicted octanol–water partition coefficient (Wildman–Crippen LogP) is 12.2. The summed E-state index contributed by atoms with van der Waals surface area (Å²) >= 11 is 5.73. The summed E-state index contributed by atoms with van der Waals surface area (Å²) in [6.45, 7) is 22.1. The zero-order valence-corrected chi connectivity index (χ0v) is 29.2. The predicted molar refractivity (Wildman–Crippen MR) is 188 cm³/mol. The molecule has 0 unspecified atom stereocenters. The number of thiophene rings is 3. The van der Waals surface area contributed by atoms with Crippen LogP contribution < -0.4 is 4.57 Å². The molecular formula is C38H39FNS3+. The number of hydrogen-bond acceptors (Lipinski definition) is 3. The van der Waals surface area contributed by atoms with Gasteiger partial charge in [0.1, 0.15) is 5.82 Å². The van der Waals surface area contributed by atoms with Gasteiger partial charge < -0.3 is 0 Å². The van der Waals surface area contributed by atoms with Crippen molar-refractivity contribution in [3.05, 3.63) is 99.1 Å². The molecule has 0 radical (unpaired) electrons. The van der Waals surface area contributed by atoms with Gasteiger partial charge in [-0.2, -0.15) is 0 Å². The molecule has 0 saturated heterocycles. The third-order valence-corrected chi connectivity index (χ3v) is 13.6. The summed E-state index contributed by atoms with van der Waals surface area (Å²) in [6, 6.07) is 12.8. The van der Waals surface area contributed by atoms with Gasteiger partial charge in [-0.05, 0) is 148 Å². The average Bonchev–Trinajstić information content (AvgIpc) is 3.55. The van der Waals surface area contributed by atoms with Crippen molar-refractivity contribution in [2.24, 2.45) is 0 Å². The molecule has 4 heterocycles. The van der Waals surface area contributed by atoms with Gasteiger partial charge in [-0.25, -0.2) is 8.96 Å². The molecule has 43 heavy (non-hydrogen) atoms. The number of hydrogen-bond donors (Lipinski definition) is 0. The monoisotopic (exact) mass is 624 g/mol. The lowest BCUT2D eigenvalue weighted by Gasteiger charge is -2.15. The van der Waals surface area contributed by atoms with Crippen molar-refractivity contribution in [2.75, 3.05) is 0 Å². The fourth-order valence-electron chi connectivity index (χ4n) is 6.40. The normalized spacial score (nSPS) is 11.8. The number of rotatable bonds is 5. The second kappa shape index (κ2) is 11.1. The molecule has 0 saturated carbocycles. The Kier molecular flexibility index (Phi) is 7.73. The summed E-state index contributed by atoms with van der Waals surface area (Å²) in [4.78, 5) is 5.42. The summed E-state index contributed by atoms with van der Waals surface area (Å²) in [6.07, 6.45) is 4.38. The minimum atomic E-state index is -0.161. The van der Waals surface area contributed by atoms with Crippen LogP contribution in [-0.2, 0) is 0 Å². The van der Waals surface area contributed by atoms with Gasteiger partial charge in [-0.15, -0.1) is 34.0 Å². The minimum Gasteiger partial charge on any atom is -0.207 e. The molecule has 4 aromatic heterocycles. The molecule has 6 rings (SSSR count). The molecule has 0 fully saturated rings. The highest BCUT2D eigenvalue weighted by Gasteiger charge is 2.25. The van der Waals surface area contributed by atoms with Crippen molar-refractivity contribution in [2.45, 2.75) is 75.3 Å². The Morgan fingerprint density at radius 2 is 1.07 bits per heavy atom. The molecule has 220 valence electrons. The van der Waals surface area contributed by atoms with Crippen molar-refractivity contribution in [3.63, 3.8) is 0 Å². The van der Waals surface area contributed by atoms with Crippen molar-refractivity contribution >= 4 is 43.4 Å². The Labute approximate surface area is 267 Å². The highest BCUT2D eigenvalue weighted by atomic mass is 32.1. The quantitative estimate of drug-likeness (QED) is 0.168. The van der Waals surface area contributed by atoms with E-state index in [1.807, 2.05) is 47.9 Å². The Bertz CT molecular complexity index is 2010. The Hall–Kier alpha value is -3.12. The lowest BCUT2D eigenvalue weighted by Crippen LogP contribution is -2.34. The second-order valence-corrected chi connectivity index (χ2v) is 15.3. The van der Waals surface area contributed by atoms with Crippen LogP contribution in [0.1, 0.15) is 64.4 Å². The first-order chi connectivity index (χ1) is 20.4. The maximum absolute atomic E-state index is 14.1. The highest BCUT2D eigenvalue weighted by molar-refractivity contribution is 7.33. The maximum Gasteiger partial charge on any atom is 0.169 e. The zero-order chi connectivity index (χ0) is 30.9. The molecule has 2 aromatic carbocycles. The van der Waals surface area contributed by atoms with Gasteiger partial charge in [0, 0.05) is 41.0 Å². The summed E-state index contributed by atoms with van der Waals surface area (Å²) in [5.74, 6) is -0.161. The number of pyridine rings is 1. The molecule has 1 nitrogen and oxygen atoms in total. The van der Waals surface area contributed by atoms with E-state index in [0.717, 1.165) is 11.1 Å². The van der Waals surface area contributed by atoms with E-state index in [1.165, 1.54) is 84.5 Å². The van der Waals surface area contributed by atoms with Gasteiger partial charge in [0.15, 0.2) is 18.4 Å². The Morgan fingerprint density at radius 3 is 1.67 bits per heavy atom. The van der Waals surface area contributed by atoms with Gasteiger partial charge in [0.25, 0.3) is 0 Å². The van der Waals surface area contributed by atoms with Crippen molar-refractivity contribution in [3.8, 4) is 41.8 Å². The van der Waals surface area contributed by atoms with Crippen molar-refractivity contribution < 1.29 is 8.96 Å². The third-order valence-electron chi connectivity index (χ3n) is 9.02. The first-order valence-corrected chi connectivity index (χ1v) is 17.4. The summed E-state index contributed by atoms with van der Waals surface area (Å²) in [5, 5.41) is 0. The highest BCUT2D eigenvalue weighted by Crippen LogP contribution is 2.53. The van der Waals surface area contributed by atoms with E-state index in [4.69, 9.17) is 0 Å². The van der Waals surface area contributed by atoms with Crippen LogP contribution in [-0.4, -0.2) is 0 Å². The number of benzene rings is 2. The zero-order valence-electron chi connectivity index (χ0n) is 26.7. The molecule has 6 aromatic rings. The van der Waals surface area contributed by atoms with E-state index < -0.39 is 0 Å². The molecule has 0 spiro atoms. The summed E-state index contributed by atoms with van der Waals surface area (Å²) < 4.78 is 19.0. The lowest BCUT2D eigenvalue weighted by molar-refractivity contribution is -0.716. The molecule has 0 N–H and O–H groups in total. The summed E-state index contributed by atoms with van der Waals surface area (Å²) in [7, 11) is 0. The molecular weight excluding hydrogens is 586 g/mol. The van der Waals surface area contributed by atoms with Crippen LogP contribution in [0.2, 0.25) is 0 Å². The number of nitrogens with zero attached hydrogens (tertiary/aromatic N) is 1. The van der Waals surface area contributed by atoms with Crippen LogP contribution in [0.4, 0.5) is 4.39 Å². The molecule has 0 amide bonds. The fourth-order valence-corrected chi connectivity index (χ4v) is 11.1. The Morgan fingerprint density at radius 1 is 0.558 bits per heavy atom. The van der Waals surface area contributed by atoms with Gasteiger partial charge in [0.05, 0.1) is 0 Å².